The van der Waals surface area contributed by atoms with Gasteiger partial charge >= 0.3 is 0 Å². The number of ether oxygens (including phenoxy) is 2. The first kappa shape index (κ1) is 21.0. The number of hydrogen-bond acceptors (Lipinski definition) is 5. The highest BCUT2D eigenvalue weighted by atomic mass is 16.5. The summed E-state index contributed by atoms with van der Waals surface area (Å²) in [6.45, 7) is 7.72. The summed E-state index contributed by atoms with van der Waals surface area (Å²) in [6.07, 6.45) is 3.02. The van der Waals surface area contributed by atoms with Gasteiger partial charge in [0.2, 0.25) is 5.91 Å². The van der Waals surface area contributed by atoms with Crippen LogP contribution in [0.4, 0.5) is 0 Å². The van der Waals surface area contributed by atoms with Gasteiger partial charge in [-0.15, -0.1) is 0 Å². The van der Waals surface area contributed by atoms with Crippen molar-refractivity contribution in [2.45, 2.75) is 58.5 Å². The lowest BCUT2D eigenvalue weighted by molar-refractivity contribution is -0.127. The molecule has 3 heterocycles. The van der Waals surface area contributed by atoms with E-state index in [4.69, 9.17) is 14.6 Å². The Morgan fingerprint density at radius 1 is 1.33 bits per heavy atom. The number of rotatable bonds is 8. The number of amides is 1. The highest BCUT2D eigenvalue weighted by Crippen LogP contribution is 2.23. The number of fused-ring (bicyclic) bond motifs is 1. The molecule has 1 saturated heterocycles. The van der Waals surface area contributed by atoms with Crippen molar-refractivity contribution in [3.8, 4) is 0 Å². The first-order valence-corrected chi connectivity index (χ1v) is 11.0. The number of nitrogens with zero attached hydrogens (tertiary/aromatic N) is 3. The minimum Gasteiger partial charge on any atom is -0.376 e. The molecule has 1 aromatic carbocycles. The minimum atomic E-state index is -0.0428. The first-order valence-electron chi connectivity index (χ1n) is 11.0. The zero-order valence-electron chi connectivity index (χ0n) is 17.8. The summed E-state index contributed by atoms with van der Waals surface area (Å²) < 4.78 is 13.4. The third-order valence-electron chi connectivity index (χ3n) is 5.87. The molecule has 0 aliphatic carbocycles. The van der Waals surface area contributed by atoms with Gasteiger partial charge in [0.1, 0.15) is 6.61 Å². The molecule has 0 spiro atoms. The number of hydrogen-bond donors (Lipinski definition) is 1. The van der Waals surface area contributed by atoms with Gasteiger partial charge in [-0.3, -0.25) is 14.4 Å². The topological polar surface area (TPSA) is 68.6 Å². The molecule has 7 nitrogen and oxygen atoms in total. The Bertz CT molecular complexity index is 836. The second-order valence-corrected chi connectivity index (χ2v) is 8.11. The van der Waals surface area contributed by atoms with Crippen LogP contribution in [0, 0.1) is 0 Å². The number of nitrogens with one attached hydrogen (secondary N) is 1. The molecular formula is C23H32N4O3. The lowest BCUT2D eigenvalue weighted by atomic mass is 10.0. The summed E-state index contributed by atoms with van der Waals surface area (Å²) in [4.78, 5) is 14.7. The smallest absolute Gasteiger partial charge is 0.246 e. The van der Waals surface area contributed by atoms with Gasteiger partial charge in [0.25, 0.3) is 0 Å². The van der Waals surface area contributed by atoms with Crippen LogP contribution in [0.2, 0.25) is 0 Å². The second-order valence-electron chi connectivity index (χ2n) is 8.11. The molecule has 162 valence electrons. The van der Waals surface area contributed by atoms with Crippen molar-refractivity contribution in [2.24, 2.45) is 0 Å². The van der Waals surface area contributed by atoms with E-state index in [0.717, 1.165) is 63.3 Å². The number of piperidine rings is 1. The zero-order valence-corrected chi connectivity index (χ0v) is 17.8. The monoisotopic (exact) mass is 412 g/mol. The molecule has 30 heavy (non-hydrogen) atoms. The summed E-state index contributed by atoms with van der Waals surface area (Å²) in [7, 11) is 0. The van der Waals surface area contributed by atoms with Crippen molar-refractivity contribution in [1.82, 2.24) is 20.0 Å². The molecule has 1 aromatic heterocycles. The van der Waals surface area contributed by atoms with Gasteiger partial charge < -0.3 is 14.8 Å². The Morgan fingerprint density at radius 2 is 2.20 bits per heavy atom. The molecule has 1 atom stereocenters. The van der Waals surface area contributed by atoms with E-state index in [1.54, 1.807) is 0 Å². The van der Waals surface area contributed by atoms with Crippen molar-refractivity contribution in [1.29, 1.82) is 0 Å². The lowest BCUT2D eigenvalue weighted by Crippen LogP contribution is -2.48. The van der Waals surface area contributed by atoms with Gasteiger partial charge in [-0.1, -0.05) is 30.3 Å². The SMILES string of the molecule is CCn1nc(CN2CCCC(NC(=O)COCc3ccccc3)C2)c2c1CCOC2. The van der Waals surface area contributed by atoms with Crippen LogP contribution in [0.25, 0.3) is 0 Å². The van der Waals surface area contributed by atoms with Crippen LogP contribution < -0.4 is 5.32 Å². The highest BCUT2D eigenvalue weighted by Gasteiger charge is 2.26. The van der Waals surface area contributed by atoms with E-state index in [1.165, 1.54) is 11.3 Å². The van der Waals surface area contributed by atoms with Crippen LogP contribution in [0.5, 0.6) is 0 Å². The van der Waals surface area contributed by atoms with E-state index in [9.17, 15) is 4.79 Å². The third kappa shape index (κ3) is 5.28. The summed E-state index contributed by atoms with van der Waals surface area (Å²) in [5, 5.41) is 7.99. The predicted molar refractivity (Wildman–Crippen MR) is 114 cm³/mol. The van der Waals surface area contributed by atoms with Crippen molar-refractivity contribution >= 4 is 5.91 Å². The molecule has 2 aliphatic rings. The van der Waals surface area contributed by atoms with E-state index >= 15 is 0 Å². The Kier molecular flexibility index (Phi) is 7.15. The largest absolute Gasteiger partial charge is 0.376 e. The Labute approximate surface area is 178 Å². The zero-order chi connectivity index (χ0) is 20.8. The average Bonchev–Trinajstić information content (AvgIpc) is 3.12. The fourth-order valence-corrected chi connectivity index (χ4v) is 4.40. The molecule has 1 fully saturated rings. The molecule has 1 unspecified atom stereocenters. The quantitative estimate of drug-likeness (QED) is 0.720. The van der Waals surface area contributed by atoms with Gasteiger partial charge in [0.15, 0.2) is 0 Å². The van der Waals surface area contributed by atoms with Crippen molar-refractivity contribution in [3.05, 3.63) is 52.8 Å². The van der Waals surface area contributed by atoms with E-state index in [2.05, 4.69) is 21.8 Å². The predicted octanol–water partition coefficient (Wildman–Crippen LogP) is 2.27. The second kappa shape index (κ2) is 10.2. The van der Waals surface area contributed by atoms with Crippen LogP contribution in [0.1, 0.15) is 42.3 Å². The summed E-state index contributed by atoms with van der Waals surface area (Å²) in [5.41, 5.74) is 4.80. The molecule has 0 saturated carbocycles. The van der Waals surface area contributed by atoms with E-state index in [0.29, 0.717) is 13.2 Å². The molecule has 2 aromatic rings. The summed E-state index contributed by atoms with van der Waals surface area (Å²) in [6, 6.07) is 10.1. The molecule has 7 heteroatoms. The Hall–Kier alpha value is -2.22. The lowest BCUT2D eigenvalue weighted by Gasteiger charge is -2.33. The van der Waals surface area contributed by atoms with E-state index in [-0.39, 0.29) is 18.6 Å². The summed E-state index contributed by atoms with van der Waals surface area (Å²) in [5.74, 6) is -0.0428. The maximum absolute atomic E-state index is 12.3. The number of carbonyl (C=O) groups is 1. The molecule has 0 radical (unpaired) electrons. The van der Waals surface area contributed by atoms with Crippen LogP contribution >= 0.6 is 0 Å². The number of aryl methyl sites for hydroxylation is 1. The molecule has 1 amide bonds. The minimum absolute atomic E-state index is 0.0428. The van der Waals surface area contributed by atoms with Gasteiger partial charge in [0.05, 0.1) is 25.5 Å². The van der Waals surface area contributed by atoms with Gasteiger partial charge in [-0.2, -0.15) is 5.10 Å². The Balaban J connectivity index is 1.26. The number of carbonyl (C=O) groups excluding carboxylic acids is 1. The fraction of sp³-hybridized carbons (Fsp3) is 0.565. The molecule has 4 rings (SSSR count). The van der Waals surface area contributed by atoms with E-state index < -0.39 is 0 Å². The molecule has 1 N–H and O–H groups in total. The van der Waals surface area contributed by atoms with Crippen LogP contribution in [0.15, 0.2) is 30.3 Å². The van der Waals surface area contributed by atoms with Gasteiger partial charge in [-0.25, -0.2) is 0 Å². The highest BCUT2D eigenvalue weighted by molar-refractivity contribution is 5.77. The fourth-order valence-electron chi connectivity index (χ4n) is 4.40. The first-order chi connectivity index (χ1) is 14.7. The number of benzene rings is 1. The van der Waals surface area contributed by atoms with Crippen molar-refractivity contribution in [3.63, 3.8) is 0 Å². The molecule has 0 bridgehead atoms. The summed E-state index contributed by atoms with van der Waals surface area (Å²) >= 11 is 0. The van der Waals surface area contributed by atoms with E-state index in [1.807, 2.05) is 30.3 Å². The third-order valence-corrected chi connectivity index (χ3v) is 5.87. The van der Waals surface area contributed by atoms with Gasteiger partial charge in [-0.05, 0) is 31.9 Å². The number of likely N-dealkylation sites (tertiary alicyclic amines) is 1. The average molecular weight is 413 g/mol. The van der Waals surface area contributed by atoms with Crippen LogP contribution in [-0.4, -0.2) is 52.9 Å². The number of aromatic nitrogens is 2. The maximum Gasteiger partial charge on any atom is 0.246 e. The standard InChI is InChI=1S/C23H32N4O3/c1-2-27-22-10-12-29-16-20(22)21(25-27)14-26-11-6-9-19(13-26)24-23(28)17-30-15-18-7-4-3-5-8-18/h3-5,7-8,19H,2,6,9-17H2,1H3,(H,24,28). The van der Waals surface area contributed by atoms with Crippen molar-refractivity contribution < 1.29 is 14.3 Å². The van der Waals surface area contributed by atoms with Crippen LogP contribution in [-0.2, 0) is 47.0 Å². The Morgan fingerprint density at radius 3 is 3.03 bits per heavy atom. The molecular weight excluding hydrogens is 380 g/mol. The van der Waals surface area contributed by atoms with Crippen LogP contribution in [0.3, 0.4) is 0 Å². The maximum atomic E-state index is 12.3. The normalized spacial score (nSPS) is 19.4. The van der Waals surface area contributed by atoms with Gasteiger partial charge in [0, 0.05) is 43.4 Å². The van der Waals surface area contributed by atoms with Crippen molar-refractivity contribution in [2.75, 3.05) is 26.3 Å². The molecule has 2 aliphatic heterocycles.